The van der Waals surface area contributed by atoms with Crippen LogP contribution in [0.2, 0.25) is 0 Å². The summed E-state index contributed by atoms with van der Waals surface area (Å²) in [6.07, 6.45) is 2.02. The molecule has 0 bridgehead atoms. The Kier molecular flexibility index (Phi) is 4.69. The number of hydrogen-bond donors (Lipinski definition) is 0. The van der Waals surface area contributed by atoms with Gasteiger partial charge in [-0.05, 0) is 25.5 Å². The fourth-order valence-electron chi connectivity index (χ4n) is 1.68. The summed E-state index contributed by atoms with van der Waals surface area (Å²) in [5.41, 5.74) is 1.31. The van der Waals surface area contributed by atoms with Crippen molar-refractivity contribution in [1.29, 1.82) is 0 Å². The monoisotopic (exact) mass is 238 g/mol. The second-order valence-electron chi connectivity index (χ2n) is 3.98. The molecule has 16 heavy (non-hydrogen) atoms. The Balaban J connectivity index is 1.71. The van der Waals surface area contributed by atoms with Crippen LogP contribution in [-0.2, 0) is 9.47 Å². The van der Waals surface area contributed by atoms with E-state index in [-0.39, 0.29) is 6.29 Å². The molecule has 3 heteroatoms. The number of rotatable bonds is 4. The third-order valence-electron chi connectivity index (χ3n) is 2.51. The number of hydrogen-bond acceptors (Lipinski definition) is 3. The van der Waals surface area contributed by atoms with Crippen LogP contribution in [0.15, 0.2) is 29.2 Å². The summed E-state index contributed by atoms with van der Waals surface area (Å²) in [7, 11) is 0. The van der Waals surface area contributed by atoms with E-state index in [0.29, 0.717) is 0 Å². The molecule has 2 nitrogen and oxygen atoms in total. The van der Waals surface area contributed by atoms with Gasteiger partial charge in [0.2, 0.25) is 0 Å². The van der Waals surface area contributed by atoms with Gasteiger partial charge < -0.3 is 9.47 Å². The summed E-state index contributed by atoms with van der Waals surface area (Å²) in [5.74, 6) is 1.05. The van der Waals surface area contributed by atoms with Crippen LogP contribution in [0.4, 0.5) is 0 Å². The minimum Gasteiger partial charge on any atom is -0.353 e. The standard InChI is InChI=1S/C13H18O2S/c1-11-4-2-5-12(10-11)16-9-6-13-14-7-3-8-15-13/h2,4-5,10,13H,3,6-9H2,1H3. The summed E-state index contributed by atoms with van der Waals surface area (Å²) >= 11 is 1.87. The summed E-state index contributed by atoms with van der Waals surface area (Å²) in [5, 5.41) is 0. The largest absolute Gasteiger partial charge is 0.353 e. The maximum Gasteiger partial charge on any atom is 0.158 e. The normalized spacial score (nSPS) is 17.6. The summed E-state index contributed by atoms with van der Waals surface area (Å²) in [6, 6.07) is 8.59. The predicted molar refractivity (Wildman–Crippen MR) is 66.8 cm³/mol. The fraction of sp³-hybridized carbons (Fsp3) is 0.538. The maximum atomic E-state index is 5.50. The van der Waals surface area contributed by atoms with Crippen LogP contribution >= 0.6 is 11.8 Å². The maximum absolute atomic E-state index is 5.50. The highest BCUT2D eigenvalue weighted by molar-refractivity contribution is 7.99. The first-order chi connectivity index (χ1) is 7.84. The van der Waals surface area contributed by atoms with Gasteiger partial charge in [-0.15, -0.1) is 11.8 Å². The van der Waals surface area contributed by atoms with Crippen molar-refractivity contribution in [1.82, 2.24) is 0 Å². The van der Waals surface area contributed by atoms with Crippen molar-refractivity contribution in [2.24, 2.45) is 0 Å². The molecule has 0 atom stereocenters. The Bertz CT molecular complexity index is 321. The SMILES string of the molecule is Cc1cccc(SCCC2OCCCO2)c1. The van der Waals surface area contributed by atoms with Crippen LogP contribution in [0.5, 0.6) is 0 Å². The first-order valence-corrected chi connectivity index (χ1v) is 6.76. The lowest BCUT2D eigenvalue weighted by molar-refractivity contribution is -0.178. The molecular formula is C13H18O2S. The van der Waals surface area contributed by atoms with Gasteiger partial charge in [0, 0.05) is 17.1 Å². The van der Waals surface area contributed by atoms with Gasteiger partial charge >= 0.3 is 0 Å². The van der Waals surface area contributed by atoms with E-state index < -0.39 is 0 Å². The average Bonchev–Trinajstić information content (AvgIpc) is 2.30. The first-order valence-electron chi connectivity index (χ1n) is 5.77. The van der Waals surface area contributed by atoms with Crippen molar-refractivity contribution in [3.63, 3.8) is 0 Å². The third-order valence-corrected chi connectivity index (χ3v) is 3.54. The van der Waals surface area contributed by atoms with E-state index in [4.69, 9.17) is 9.47 Å². The zero-order valence-electron chi connectivity index (χ0n) is 9.65. The lowest BCUT2D eigenvalue weighted by atomic mass is 10.2. The minimum absolute atomic E-state index is 0.0195. The summed E-state index contributed by atoms with van der Waals surface area (Å²) in [6.45, 7) is 3.82. The molecule has 0 saturated carbocycles. The molecule has 1 aliphatic rings. The predicted octanol–water partition coefficient (Wildman–Crippen LogP) is 3.24. The van der Waals surface area contributed by atoms with Crippen LogP contribution in [0.1, 0.15) is 18.4 Å². The molecule has 1 aromatic carbocycles. The van der Waals surface area contributed by atoms with Crippen LogP contribution < -0.4 is 0 Å². The Morgan fingerprint density at radius 3 is 2.88 bits per heavy atom. The highest BCUT2D eigenvalue weighted by Gasteiger charge is 2.13. The van der Waals surface area contributed by atoms with Crippen LogP contribution in [0.25, 0.3) is 0 Å². The highest BCUT2D eigenvalue weighted by Crippen LogP contribution is 2.21. The van der Waals surface area contributed by atoms with Gasteiger partial charge in [0.15, 0.2) is 6.29 Å². The van der Waals surface area contributed by atoms with Crippen molar-refractivity contribution in [3.8, 4) is 0 Å². The van der Waals surface area contributed by atoms with Gasteiger partial charge in [0.25, 0.3) is 0 Å². The molecule has 1 fully saturated rings. The number of ether oxygens (including phenoxy) is 2. The molecule has 0 amide bonds. The fourth-order valence-corrected chi connectivity index (χ4v) is 2.67. The van der Waals surface area contributed by atoms with E-state index in [1.54, 1.807) is 0 Å². The van der Waals surface area contributed by atoms with Crippen molar-refractivity contribution in [2.75, 3.05) is 19.0 Å². The van der Waals surface area contributed by atoms with Gasteiger partial charge in [0.05, 0.1) is 13.2 Å². The van der Waals surface area contributed by atoms with Gasteiger partial charge in [0.1, 0.15) is 0 Å². The van der Waals surface area contributed by atoms with Crippen molar-refractivity contribution in [3.05, 3.63) is 29.8 Å². The average molecular weight is 238 g/mol. The second-order valence-corrected chi connectivity index (χ2v) is 5.15. The van der Waals surface area contributed by atoms with Gasteiger partial charge in [-0.2, -0.15) is 0 Å². The lowest BCUT2D eigenvalue weighted by Gasteiger charge is -2.22. The molecule has 1 aliphatic heterocycles. The van der Waals surface area contributed by atoms with Gasteiger partial charge in [-0.1, -0.05) is 17.7 Å². The van der Waals surface area contributed by atoms with E-state index in [2.05, 4.69) is 31.2 Å². The molecule has 1 saturated heterocycles. The summed E-state index contributed by atoms with van der Waals surface area (Å²) in [4.78, 5) is 1.33. The van der Waals surface area contributed by atoms with E-state index in [1.807, 2.05) is 11.8 Å². The molecule has 0 radical (unpaired) electrons. The molecule has 0 unspecified atom stereocenters. The molecule has 2 rings (SSSR count). The van der Waals surface area contributed by atoms with Crippen LogP contribution in [0, 0.1) is 6.92 Å². The Labute approximate surface area is 101 Å². The van der Waals surface area contributed by atoms with Crippen molar-refractivity contribution < 1.29 is 9.47 Å². The molecule has 0 aliphatic carbocycles. The quantitative estimate of drug-likeness (QED) is 0.750. The van der Waals surface area contributed by atoms with E-state index >= 15 is 0 Å². The van der Waals surface area contributed by atoms with E-state index in [9.17, 15) is 0 Å². The van der Waals surface area contributed by atoms with E-state index in [1.165, 1.54) is 10.5 Å². The number of benzene rings is 1. The molecule has 1 aromatic rings. The van der Waals surface area contributed by atoms with Crippen LogP contribution in [0.3, 0.4) is 0 Å². The lowest BCUT2D eigenvalue weighted by Crippen LogP contribution is -2.25. The second kappa shape index (κ2) is 6.28. The molecule has 88 valence electrons. The molecule has 1 heterocycles. The van der Waals surface area contributed by atoms with Crippen molar-refractivity contribution in [2.45, 2.75) is 31.0 Å². The van der Waals surface area contributed by atoms with Gasteiger partial charge in [-0.3, -0.25) is 0 Å². The van der Waals surface area contributed by atoms with Crippen LogP contribution in [-0.4, -0.2) is 25.3 Å². The Morgan fingerprint density at radius 2 is 2.12 bits per heavy atom. The molecule has 0 aromatic heterocycles. The summed E-state index contributed by atoms with van der Waals surface area (Å²) < 4.78 is 11.0. The van der Waals surface area contributed by atoms with E-state index in [0.717, 1.165) is 31.8 Å². The molecular weight excluding hydrogens is 220 g/mol. The van der Waals surface area contributed by atoms with Crippen molar-refractivity contribution >= 4 is 11.8 Å². The zero-order valence-corrected chi connectivity index (χ0v) is 10.5. The number of aryl methyl sites for hydroxylation is 1. The third kappa shape index (κ3) is 3.81. The first kappa shape index (κ1) is 12.0. The molecule has 0 N–H and O–H groups in total. The van der Waals surface area contributed by atoms with Gasteiger partial charge in [-0.25, -0.2) is 0 Å². The Hall–Kier alpha value is -0.510. The zero-order chi connectivity index (χ0) is 11.2. The smallest absolute Gasteiger partial charge is 0.158 e. The number of thioether (sulfide) groups is 1. The topological polar surface area (TPSA) is 18.5 Å². The highest BCUT2D eigenvalue weighted by atomic mass is 32.2. The Morgan fingerprint density at radius 1 is 1.31 bits per heavy atom. The minimum atomic E-state index is 0.0195. The molecule has 0 spiro atoms.